The predicted octanol–water partition coefficient (Wildman–Crippen LogP) is 4.55. The molecule has 36 heavy (non-hydrogen) atoms. The first-order valence-electron chi connectivity index (χ1n) is 13.1. The van der Waals surface area contributed by atoms with Gasteiger partial charge in [0, 0.05) is 31.1 Å². The summed E-state index contributed by atoms with van der Waals surface area (Å²) in [5.74, 6) is -0.688. The molecule has 10 heteroatoms. The molecule has 7 nitrogen and oxygen atoms in total. The van der Waals surface area contributed by atoms with Crippen LogP contribution in [0.3, 0.4) is 0 Å². The first-order chi connectivity index (χ1) is 17.4. The lowest BCUT2D eigenvalue weighted by atomic mass is 9.64. The summed E-state index contributed by atoms with van der Waals surface area (Å²) in [4.78, 5) is 0. The number of hydrogen-bond acceptors (Lipinski definition) is 5. The van der Waals surface area contributed by atoms with Crippen LogP contribution in [0.25, 0.3) is 5.69 Å². The smallest absolute Gasteiger partial charge is 0.252 e. The second-order valence-corrected chi connectivity index (χ2v) is 10.8. The van der Waals surface area contributed by atoms with Gasteiger partial charge in [-0.2, -0.15) is 9.78 Å². The van der Waals surface area contributed by atoms with Gasteiger partial charge >= 0.3 is 0 Å². The SMILES string of the molecule is Cn1nc(C(NCC(C2CCC2)C2CCC2)c2nnnn2-c2ccc(F)cc2)c2c1CCC(F)(F)C2. The van der Waals surface area contributed by atoms with E-state index in [1.807, 2.05) is 7.05 Å². The van der Waals surface area contributed by atoms with Gasteiger partial charge in [0.1, 0.15) is 11.9 Å². The summed E-state index contributed by atoms with van der Waals surface area (Å²) in [6.07, 6.45) is 7.36. The van der Waals surface area contributed by atoms with Crippen molar-refractivity contribution < 1.29 is 13.2 Å². The molecule has 1 aromatic carbocycles. The number of rotatable bonds is 8. The number of halogens is 3. The van der Waals surface area contributed by atoms with Gasteiger partial charge in [-0.3, -0.25) is 4.68 Å². The van der Waals surface area contributed by atoms with Crippen molar-refractivity contribution >= 4 is 0 Å². The third kappa shape index (κ3) is 4.33. The Morgan fingerprint density at radius 1 is 1.08 bits per heavy atom. The summed E-state index contributed by atoms with van der Waals surface area (Å²) >= 11 is 0. The van der Waals surface area contributed by atoms with Crippen LogP contribution in [0.5, 0.6) is 0 Å². The number of alkyl halides is 2. The van der Waals surface area contributed by atoms with E-state index in [1.165, 1.54) is 50.7 Å². The number of fused-ring (bicyclic) bond motifs is 1. The highest BCUT2D eigenvalue weighted by Gasteiger charge is 2.41. The maximum absolute atomic E-state index is 14.6. The van der Waals surface area contributed by atoms with E-state index in [4.69, 9.17) is 5.10 Å². The van der Waals surface area contributed by atoms with Crippen LogP contribution in [0.2, 0.25) is 0 Å². The predicted molar refractivity (Wildman–Crippen MR) is 127 cm³/mol. The molecular weight excluding hydrogens is 467 g/mol. The fourth-order valence-corrected chi connectivity index (χ4v) is 6.17. The molecule has 3 aromatic rings. The van der Waals surface area contributed by atoms with Crippen LogP contribution in [0.15, 0.2) is 24.3 Å². The summed E-state index contributed by atoms with van der Waals surface area (Å²) in [5, 5.41) is 20.9. The number of aromatic nitrogens is 6. The van der Waals surface area contributed by atoms with E-state index in [2.05, 4.69) is 20.8 Å². The number of nitrogens with zero attached hydrogens (tertiary/aromatic N) is 6. The van der Waals surface area contributed by atoms with Gasteiger partial charge in [0.05, 0.1) is 11.4 Å². The Morgan fingerprint density at radius 2 is 1.78 bits per heavy atom. The minimum Gasteiger partial charge on any atom is -0.302 e. The Balaban J connectivity index is 1.39. The first-order valence-corrected chi connectivity index (χ1v) is 13.1. The van der Waals surface area contributed by atoms with Crippen LogP contribution < -0.4 is 5.32 Å². The average molecular weight is 500 g/mol. The number of hydrogen-bond donors (Lipinski definition) is 1. The van der Waals surface area contributed by atoms with Gasteiger partial charge < -0.3 is 5.32 Å². The standard InChI is InChI=1S/C26H32F3N7/c1-35-22-12-13-26(28,29)14-20(22)23(32-35)24(30-15-21(16-4-2-5-16)17-6-3-7-17)25-31-33-34-36(25)19-10-8-18(27)9-11-19/h8-11,16-17,21,24,30H,2-7,12-15H2,1H3. The summed E-state index contributed by atoms with van der Waals surface area (Å²) in [5.41, 5.74) is 2.60. The van der Waals surface area contributed by atoms with Crippen molar-refractivity contribution in [3.05, 3.63) is 52.9 Å². The molecule has 2 fully saturated rings. The summed E-state index contributed by atoms with van der Waals surface area (Å²) in [7, 11) is 1.82. The topological polar surface area (TPSA) is 73.5 Å². The molecular formula is C26H32F3N7. The normalized spacial score (nSPS) is 20.7. The lowest BCUT2D eigenvalue weighted by Gasteiger charge is -2.43. The maximum Gasteiger partial charge on any atom is 0.252 e. The molecule has 0 spiro atoms. The van der Waals surface area contributed by atoms with Crippen molar-refractivity contribution in [1.29, 1.82) is 0 Å². The molecule has 3 aliphatic carbocycles. The number of aryl methyl sites for hydroxylation is 1. The van der Waals surface area contributed by atoms with E-state index in [0.717, 1.165) is 12.2 Å². The molecule has 3 aliphatic rings. The van der Waals surface area contributed by atoms with Gasteiger partial charge in [-0.05, 0) is 65.4 Å². The molecule has 0 aliphatic heterocycles. The van der Waals surface area contributed by atoms with Gasteiger partial charge in [0.15, 0.2) is 5.82 Å². The Bertz CT molecular complexity index is 1200. The lowest BCUT2D eigenvalue weighted by molar-refractivity contribution is -0.0130. The molecule has 0 radical (unpaired) electrons. The number of tetrazole rings is 1. The molecule has 1 unspecified atom stereocenters. The number of nitrogens with one attached hydrogen (secondary N) is 1. The molecule has 1 N–H and O–H groups in total. The van der Waals surface area contributed by atoms with Crippen LogP contribution in [0.4, 0.5) is 13.2 Å². The quantitative estimate of drug-likeness (QED) is 0.492. The van der Waals surface area contributed by atoms with E-state index in [9.17, 15) is 13.2 Å². The van der Waals surface area contributed by atoms with E-state index in [1.54, 1.807) is 21.5 Å². The molecule has 2 heterocycles. The molecule has 0 amide bonds. The monoisotopic (exact) mass is 499 g/mol. The lowest BCUT2D eigenvalue weighted by Crippen LogP contribution is -2.41. The van der Waals surface area contributed by atoms with E-state index >= 15 is 0 Å². The van der Waals surface area contributed by atoms with E-state index < -0.39 is 12.0 Å². The maximum atomic E-state index is 14.6. The van der Waals surface area contributed by atoms with Crippen LogP contribution in [0.1, 0.15) is 73.8 Å². The Morgan fingerprint density at radius 3 is 2.42 bits per heavy atom. The van der Waals surface area contributed by atoms with Crippen molar-refractivity contribution in [2.45, 2.75) is 69.8 Å². The van der Waals surface area contributed by atoms with Crippen LogP contribution in [0, 0.1) is 23.6 Å². The fraction of sp³-hybridized carbons (Fsp3) is 0.615. The van der Waals surface area contributed by atoms with E-state index in [-0.39, 0.29) is 25.1 Å². The Labute approximate surface area is 208 Å². The Kier molecular flexibility index (Phi) is 6.09. The van der Waals surface area contributed by atoms with E-state index in [0.29, 0.717) is 40.5 Å². The summed E-state index contributed by atoms with van der Waals surface area (Å²) in [6.45, 7) is 0.762. The first kappa shape index (κ1) is 23.6. The van der Waals surface area contributed by atoms with Crippen molar-refractivity contribution in [2.24, 2.45) is 24.8 Å². The zero-order chi connectivity index (χ0) is 24.9. The minimum atomic E-state index is -2.77. The highest BCUT2D eigenvalue weighted by molar-refractivity contribution is 5.38. The van der Waals surface area contributed by atoms with Crippen LogP contribution in [-0.4, -0.2) is 42.5 Å². The third-order valence-corrected chi connectivity index (χ3v) is 8.63. The van der Waals surface area contributed by atoms with Crippen molar-refractivity contribution in [2.75, 3.05) is 6.54 Å². The zero-order valence-electron chi connectivity index (χ0n) is 20.5. The molecule has 2 aromatic heterocycles. The third-order valence-electron chi connectivity index (χ3n) is 8.63. The second kappa shape index (κ2) is 9.28. The van der Waals surface area contributed by atoms with Gasteiger partial charge in [0.25, 0.3) is 5.92 Å². The molecule has 2 saturated carbocycles. The van der Waals surface area contributed by atoms with Crippen molar-refractivity contribution in [3.8, 4) is 5.69 Å². The molecule has 0 bridgehead atoms. The fourth-order valence-electron chi connectivity index (χ4n) is 6.17. The molecule has 0 saturated heterocycles. The summed E-state index contributed by atoms with van der Waals surface area (Å²) in [6, 6.07) is 5.38. The average Bonchev–Trinajstić information content (AvgIpc) is 3.36. The van der Waals surface area contributed by atoms with Crippen LogP contribution in [-0.2, 0) is 19.9 Å². The Hall–Kier alpha value is -2.75. The molecule has 1 atom stereocenters. The van der Waals surface area contributed by atoms with Gasteiger partial charge in [-0.15, -0.1) is 5.10 Å². The van der Waals surface area contributed by atoms with Gasteiger partial charge in [0.2, 0.25) is 0 Å². The highest BCUT2D eigenvalue weighted by atomic mass is 19.3. The van der Waals surface area contributed by atoms with Gasteiger partial charge in [-0.1, -0.05) is 38.5 Å². The largest absolute Gasteiger partial charge is 0.302 e. The zero-order valence-corrected chi connectivity index (χ0v) is 20.5. The second-order valence-electron chi connectivity index (χ2n) is 10.8. The molecule has 6 rings (SSSR count). The van der Waals surface area contributed by atoms with Crippen LogP contribution >= 0.6 is 0 Å². The highest BCUT2D eigenvalue weighted by Crippen LogP contribution is 2.45. The minimum absolute atomic E-state index is 0.171. The van der Waals surface area contributed by atoms with Crippen molar-refractivity contribution in [3.63, 3.8) is 0 Å². The van der Waals surface area contributed by atoms with Crippen molar-refractivity contribution in [1.82, 2.24) is 35.3 Å². The summed E-state index contributed by atoms with van der Waals surface area (Å²) < 4.78 is 46.0. The molecule has 192 valence electrons. The van der Waals surface area contributed by atoms with Gasteiger partial charge in [-0.25, -0.2) is 13.2 Å². The number of benzene rings is 1.